The fourth-order valence-electron chi connectivity index (χ4n) is 5.18. The van der Waals surface area contributed by atoms with Gasteiger partial charge in [0.05, 0.1) is 30.7 Å². The molecule has 1 aromatic heterocycles. The van der Waals surface area contributed by atoms with Crippen molar-refractivity contribution in [2.75, 3.05) is 13.2 Å². The van der Waals surface area contributed by atoms with E-state index in [1.54, 1.807) is 17.3 Å². The molecule has 0 bridgehead atoms. The van der Waals surface area contributed by atoms with Crippen molar-refractivity contribution >= 4 is 11.8 Å². The van der Waals surface area contributed by atoms with Crippen LogP contribution in [-0.2, 0) is 9.53 Å². The summed E-state index contributed by atoms with van der Waals surface area (Å²) in [4.78, 5) is 38.6. The number of hydrogen-bond acceptors (Lipinski definition) is 5. The minimum atomic E-state index is -0.706. The first kappa shape index (κ1) is 17.1. The number of likely N-dealkylation sites (tertiary alicyclic amines) is 1. The van der Waals surface area contributed by atoms with E-state index in [9.17, 15) is 9.59 Å². The van der Waals surface area contributed by atoms with Crippen molar-refractivity contribution in [3.05, 3.63) is 59.7 Å². The minimum absolute atomic E-state index is 0.0548. The lowest BCUT2D eigenvalue weighted by atomic mass is 10.0. The second-order valence-electron chi connectivity index (χ2n) is 8.42. The van der Waals surface area contributed by atoms with Crippen LogP contribution in [0, 0.1) is 0 Å². The molecule has 4 fully saturated rings. The topological polar surface area (TPSA) is 75.6 Å². The zero-order chi connectivity index (χ0) is 19.6. The minimum Gasteiger partial charge on any atom is -0.351 e. The number of rotatable bonds is 3. The molecule has 7 heteroatoms. The fourth-order valence-corrected chi connectivity index (χ4v) is 5.18. The molecule has 2 aromatic rings. The second-order valence-corrected chi connectivity index (χ2v) is 8.42. The van der Waals surface area contributed by atoms with Gasteiger partial charge in [0.15, 0.2) is 5.72 Å². The first-order chi connectivity index (χ1) is 14.2. The molecule has 148 valence electrons. The van der Waals surface area contributed by atoms with E-state index in [2.05, 4.69) is 9.97 Å². The molecule has 1 aliphatic carbocycles. The highest BCUT2D eigenvalue weighted by Gasteiger charge is 2.65. The number of carbonyl (C=O) groups is 2. The smallest absolute Gasteiger partial charge is 0.257 e. The summed E-state index contributed by atoms with van der Waals surface area (Å²) < 4.78 is 6.28. The van der Waals surface area contributed by atoms with E-state index in [4.69, 9.17) is 4.74 Å². The van der Waals surface area contributed by atoms with Crippen molar-refractivity contribution < 1.29 is 14.3 Å². The maximum atomic E-state index is 13.2. The Morgan fingerprint density at radius 3 is 2.62 bits per heavy atom. The lowest BCUT2D eigenvalue weighted by Gasteiger charge is -2.33. The average molecular weight is 390 g/mol. The number of nitrogens with zero attached hydrogens (tertiary/aromatic N) is 4. The Bertz CT molecular complexity index is 975. The standard InChI is InChI=1S/C22H22N4O3/c27-19-10-18-22(26(19)17(13-29-22)14-4-2-1-3-5-14)8-9-25(18)21(28)16-11-23-20(24-12-16)15-6-7-15/h1-5,11-12,15,17-18H,6-10,13H2/t17-,18+,22-/m0/s1. The van der Waals surface area contributed by atoms with Crippen LogP contribution in [0.5, 0.6) is 0 Å². The third-order valence-electron chi connectivity index (χ3n) is 6.76. The van der Waals surface area contributed by atoms with Crippen molar-refractivity contribution in [2.24, 2.45) is 0 Å². The fraction of sp³-hybridized carbons (Fsp3) is 0.455. The summed E-state index contributed by atoms with van der Waals surface area (Å²) >= 11 is 0. The Hall–Kier alpha value is -2.80. The van der Waals surface area contributed by atoms with Gasteiger partial charge < -0.3 is 14.5 Å². The molecule has 29 heavy (non-hydrogen) atoms. The number of aromatic nitrogens is 2. The van der Waals surface area contributed by atoms with Crippen molar-refractivity contribution in [2.45, 2.75) is 49.4 Å². The molecule has 1 saturated carbocycles. The normalized spacial score (nSPS) is 30.6. The molecule has 4 aliphatic rings. The van der Waals surface area contributed by atoms with Crippen molar-refractivity contribution in [3.63, 3.8) is 0 Å². The van der Waals surface area contributed by atoms with E-state index < -0.39 is 5.72 Å². The molecular formula is C22H22N4O3. The lowest BCUT2D eigenvalue weighted by molar-refractivity contribution is -0.138. The molecule has 6 rings (SSSR count). The van der Waals surface area contributed by atoms with Crippen LogP contribution in [0.1, 0.15) is 59.4 Å². The molecule has 3 aliphatic heterocycles. The van der Waals surface area contributed by atoms with Gasteiger partial charge in [0.25, 0.3) is 5.91 Å². The summed E-state index contributed by atoms with van der Waals surface area (Å²) in [5, 5.41) is 0. The Morgan fingerprint density at radius 2 is 1.90 bits per heavy atom. The molecule has 7 nitrogen and oxygen atoms in total. The third kappa shape index (κ3) is 2.46. The molecule has 0 unspecified atom stereocenters. The summed E-state index contributed by atoms with van der Waals surface area (Å²) in [5.74, 6) is 1.22. The molecule has 0 N–H and O–H groups in total. The second kappa shape index (κ2) is 6.10. The van der Waals surface area contributed by atoms with Crippen molar-refractivity contribution in [1.82, 2.24) is 19.8 Å². The van der Waals surface area contributed by atoms with Gasteiger partial charge in [0, 0.05) is 31.3 Å². The highest BCUT2D eigenvalue weighted by Crippen LogP contribution is 2.51. The van der Waals surface area contributed by atoms with E-state index >= 15 is 0 Å². The molecule has 3 saturated heterocycles. The molecule has 3 atom stereocenters. The average Bonchev–Trinajstić information content (AvgIpc) is 3.37. The lowest BCUT2D eigenvalue weighted by Crippen LogP contribution is -2.49. The van der Waals surface area contributed by atoms with E-state index in [1.807, 2.05) is 35.2 Å². The Balaban J connectivity index is 1.27. The molecule has 0 radical (unpaired) electrons. The van der Waals surface area contributed by atoms with Gasteiger partial charge in [-0.2, -0.15) is 0 Å². The first-order valence-electron chi connectivity index (χ1n) is 10.3. The van der Waals surface area contributed by atoms with Crippen LogP contribution in [0.25, 0.3) is 0 Å². The Labute approximate surface area is 168 Å². The molecular weight excluding hydrogens is 368 g/mol. The van der Waals surface area contributed by atoms with Gasteiger partial charge in [-0.3, -0.25) is 9.59 Å². The summed E-state index contributed by atoms with van der Waals surface area (Å²) in [6, 6.07) is 9.64. The van der Waals surface area contributed by atoms with Gasteiger partial charge in [0.2, 0.25) is 5.91 Å². The quantitative estimate of drug-likeness (QED) is 0.804. The van der Waals surface area contributed by atoms with Crippen molar-refractivity contribution in [3.8, 4) is 0 Å². The van der Waals surface area contributed by atoms with Gasteiger partial charge >= 0.3 is 0 Å². The van der Waals surface area contributed by atoms with E-state index in [0.29, 0.717) is 37.5 Å². The maximum absolute atomic E-state index is 13.2. The predicted molar refractivity (Wildman–Crippen MR) is 103 cm³/mol. The zero-order valence-corrected chi connectivity index (χ0v) is 16.0. The number of carbonyl (C=O) groups excluding carboxylic acids is 2. The van der Waals surface area contributed by atoms with Crippen LogP contribution in [0.4, 0.5) is 0 Å². The zero-order valence-electron chi connectivity index (χ0n) is 16.0. The monoisotopic (exact) mass is 390 g/mol. The largest absolute Gasteiger partial charge is 0.351 e. The highest BCUT2D eigenvalue weighted by atomic mass is 16.5. The van der Waals surface area contributed by atoms with E-state index in [0.717, 1.165) is 24.2 Å². The van der Waals surface area contributed by atoms with Crippen LogP contribution < -0.4 is 0 Å². The number of hydrogen-bond donors (Lipinski definition) is 0. The van der Waals surface area contributed by atoms with Crippen LogP contribution in [0.15, 0.2) is 42.7 Å². The van der Waals surface area contributed by atoms with Gasteiger partial charge in [-0.25, -0.2) is 9.97 Å². The molecule has 4 heterocycles. The van der Waals surface area contributed by atoms with Gasteiger partial charge in [-0.1, -0.05) is 30.3 Å². The highest BCUT2D eigenvalue weighted by molar-refractivity contribution is 5.95. The molecule has 1 spiro atoms. The van der Waals surface area contributed by atoms with Crippen LogP contribution in [-0.4, -0.2) is 56.5 Å². The summed E-state index contributed by atoms with van der Waals surface area (Å²) in [6.45, 7) is 1.03. The predicted octanol–water partition coefficient (Wildman–Crippen LogP) is 2.27. The Kier molecular flexibility index (Phi) is 3.59. The van der Waals surface area contributed by atoms with Crippen LogP contribution in [0.3, 0.4) is 0 Å². The number of ether oxygens (including phenoxy) is 1. The third-order valence-corrected chi connectivity index (χ3v) is 6.76. The SMILES string of the molecule is O=C(c1cnc(C2CC2)nc1)N1CC[C@@]23OC[C@@H](c4ccccc4)N2C(=O)C[C@@H]13. The number of benzene rings is 1. The van der Waals surface area contributed by atoms with Crippen LogP contribution in [0.2, 0.25) is 0 Å². The van der Waals surface area contributed by atoms with Gasteiger partial charge in [-0.05, 0) is 18.4 Å². The first-order valence-corrected chi connectivity index (χ1v) is 10.3. The van der Waals surface area contributed by atoms with Crippen LogP contribution >= 0.6 is 0 Å². The van der Waals surface area contributed by atoms with Gasteiger partial charge in [-0.15, -0.1) is 0 Å². The summed E-state index contributed by atoms with van der Waals surface area (Å²) in [7, 11) is 0. The summed E-state index contributed by atoms with van der Waals surface area (Å²) in [5.41, 5.74) is 0.851. The van der Waals surface area contributed by atoms with E-state index in [1.165, 1.54) is 0 Å². The van der Waals surface area contributed by atoms with E-state index in [-0.39, 0.29) is 23.9 Å². The Morgan fingerprint density at radius 1 is 1.14 bits per heavy atom. The van der Waals surface area contributed by atoms with Crippen molar-refractivity contribution in [1.29, 1.82) is 0 Å². The van der Waals surface area contributed by atoms with Gasteiger partial charge in [0.1, 0.15) is 5.82 Å². The molecule has 2 amide bonds. The summed E-state index contributed by atoms with van der Waals surface area (Å²) in [6.07, 6.45) is 6.45. The molecule has 1 aromatic carbocycles. The maximum Gasteiger partial charge on any atom is 0.257 e. The number of amides is 2.